The van der Waals surface area contributed by atoms with Crippen LogP contribution in [0.15, 0.2) is 24.3 Å². The average molecular weight is 148 g/mol. The first-order valence-corrected chi connectivity index (χ1v) is 3.95. The van der Waals surface area contributed by atoms with Crippen LogP contribution >= 0.6 is 0 Å². The van der Waals surface area contributed by atoms with Crippen molar-refractivity contribution >= 4 is 0 Å². The molecule has 1 unspecified atom stereocenters. The van der Waals surface area contributed by atoms with E-state index in [0.717, 1.165) is 0 Å². The van der Waals surface area contributed by atoms with Crippen molar-refractivity contribution in [2.75, 3.05) is 6.54 Å². The highest BCUT2D eigenvalue weighted by atomic mass is 14.5. The molecule has 0 aliphatic heterocycles. The van der Waals surface area contributed by atoms with E-state index in [2.05, 4.69) is 38.1 Å². The lowest BCUT2D eigenvalue weighted by molar-refractivity contribution is 0.759. The summed E-state index contributed by atoms with van der Waals surface area (Å²) >= 11 is 0. The second kappa shape index (κ2) is 3.54. The van der Waals surface area contributed by atoms with Crippen molar-refractivity contribution in [3.63, 3.8) is 0 Å². The zero-order valence-electron chi connectivity index (χ0n) is 7.09. The molecule has 0 saturated carbocycles. The Labute approximate surface area is 68.2 Å². The number of hydrogen-bond donors (Lipinski definition) is 0. The highest BCUT2D eigenvalue weighted by Crippen LogP contribution is 2.13. The van der Waals surface area contributed by atoms with Crippen LogP contribution in [0, 0.1) is 6.92 Å². The predicted octanol–water partition coefficient (Wildman–Crippen LogP) is 2.38. The van der Waals surface area contributed by atoms with Gasteiger partial charge in [0.15, 0.2) is 0 Å². The van der Waals surface area contributed by atoms with Crippen LogP contribution in [0.3, 0.4) is 0 Å². The summed E-state index contributed by atoms with van der Waals surface area (Å²) in [7, 11) is 0. The molecule has 11 heavy (non-hydrogen) atoms. The van der Waals surface area contributed by atoms with Crippen LogP contribution in [-0.4, -0.2) is 6.54 Å². The quantitative estimate of drug-likeness (QED) is 0.615. The summed E-state index contributed by atoms with van der Waals surface area (Å²) in [6.45, 7) is 4.63. The highest BCUT2D eigenvalue weighted by Gasteiger charge is 2.00. The van der Waals surface area contributed by atoms with Gasteiger partial charge in [-0.1, -0.05) is 36.8 Å². The lowest BCUT2D eigenvalue weighted by atomic mass is 10.0. The Balaban J connectivity index is 2.81. The molecule has 0 bridgehead atoms. The maximum atomic E-state index is 7.20. The molecular weight excluding hydrogens is 134 g/mol. The second-order valence-corrected chi connectivity index (χ2v) is 3.02. The Kier molecular flexibility index (Phi) is 2.66. The lowest BCUT2D eigenvalue weighted by Gasteiger charge is -2.07. The van der Waals surface area contributed by atoms with E-state index in [-0.39, 0.29) is 0 Å². The zero-order valence-corrected chi connectivity index (χ0v) is 7.09. The zero-order chi connectivity index (χ0) is 8.27. The van der Waals surface area contributed by atoms with E-state index in [9.17, 15) is 0 Å². The number of aryl methyl sites for hydroxylation is 1. The summed E-state index contributed by atoms with van der Waals surface area (Å²) in [5, 5.41) is 0. The molecule has 59 valence electrons. The fourth-order valence-electron chi connectivity index (χ4n) is 1.01. The van der Waals surface area contributed by atoms with E-state index in [0.29, 0.717) is 12.5 Å². The van der Waals surface area contributed by atoms with E-state index in [4.69, 9.17) is 5.73 Å². The molecule has 1 heteroatoms. The van der Waals surface area contributed by atoms with Crippen LogP contribution in [0.2, 0.25) is 0 Å². The smallest absolute Gasteiger partial charge is 0.0166 e. The van der Waals surface area contributed by atoms with Gasteiger partial charge >= 0.3 is 0 Å². The number of hydrogen-bond acceptors (Lipinski definition) is 0. The number of rotatable bonds is 2. The minimum Gasteiger partial charge on any atom is -0.257 e. The molecular formula is C10H14N. The van der Waals surface area contributed by atoms with Gasteiger partial charge in [-0.2, -0.15) is 0 Å². The Bertz CT molecular complexity index is 213. The van der Waals surface area contributed by atoms with E-state index >= 15 is 0 Å². The van der Waals surface area contributed by atoms with Crippen molar-refractivity contribution in [3.8, 4) is 0 Å². The Morgan fingerprint density at radius 2 is 1.82 bits per heavy atom. The molecule has 1 aromatic carbocycles. The molecule has 1 N–H and O–H groups in total. The van der Waals surface area contributed by atoms with Crippen molar-refractivity contribution in [2.24, 2.45) is 0 Å². The minimum atomic E-state index is 0.371. The van der Waals surface area contributed by atoms with Gasteiger partial charge in [0.25, 0.3) is 0 Å². The van der Waals surface area contributed by atoms with Gasteiger partial charge in [0, 0.05) is 6.54 Å². The Hall–Kier alpha value is -0.820. The molecule has 1 atom stereocenters. The normalized spacial score (nSPS) is 13.0. The van der Waals surface area contributed by atoms with Gasteiger partial charge in [-0.25, -0.2) is 0 Å². The molecule has 0 heterocycles. The van der Waals surface area contributed by atoms with Crippen LogP contribution < -0.4 is 5.73 Å². The number of benzene rings is 1. The van der Waals surface area contributed by atoms with Crippen LogP contribution in [0.25, 0.3) is 0 Å². The van der Waals surface area contributed by atoms with Crippen LogP contribution in [0.4, 0.5) is 0 Å². The fraction of sp³-hybridized carbons (Fsp3) is 0.400. The van der Waals surface area contributed by atoms with Crippen molar-refractivity contribution < 1.29 is 0 Å². The lowest BCUT2D eigenvalue weighted by Crippen LogP contribution is -1.99. The number of nitrogens with one attached hydrogen (secondary N) is 1. The molecule has 1 aromatic rings. The predicted molar refractivity (Wildman–Crippen MR) is 47.6 cm³/mol. The second-order valence-electron chi connectivity index (χ2n) is 3.02. The van der Waals surface area contributed by atoms with E-state index in [1.807, 2.05) is 0 Å². The standard InChI is InChI=1S/C10H14N/c1-8-3-5-10(6-4-8)9(2)7-11/h3-6,9,11H,7H2,1-2H3. The third-order valence-corrected chi connectivity index (χ3v) is 1.95. The SMILES string of the molecule is Cc1ccc(C(C)C[NH])cc1. The first-order chi connectivity index (χ1) is 5.24. The van der Waals surface area contributed by atoms with Gasteiger partial charge in [0.05, 0.1) is 0 Å². The highest BCUT2D eigenvalue weighted by molar-refractivity contribution is 5.24. The molecule has 1 rings (SSSR count). The molecule has 0 saturated heterocycles. The van der Waals surface area contributed by atoms with Crippen molar-refractivity contribution in [3.05, 3.63) is 35.4 Å². The summed E-state index contributed by atoms with van der Waals surface area (Å²) in [6, 6.07) is 8.41. The monoisotopic (exact) mass is 148 g/mol. The summed E-state index contributed by atoms with van der Waals surface area (Å²) in [5.74, 6) is 0.371. The van der Waals surface area contributed by atoms with Crippen molar-refractivity contribution in [1.29, 1.82) is 0 Å². The van der Waals surface area contributed by atoms with E-state index in [1.54, 1.807) is 0 Å². The topological polar surface area (TPSA) is 23.8 Å². The molecule has 0 aliphatic carbocycles. The molecule has 0 amide bonds. The van der Waals surface area contributed by atoms with Gasteiger partial charge in [-0.3, -0.25) is 5.73 Å². The van der Waals surface area contributed by atoms with Crippen LogP contribution in [-0.2, 0) is 0 Å². The first-order valence-electron chi connectivity index (χ1n) is 3.95. The Morgan fingerprint density at radius 3 is 2.27 bits per heavy atom. The van der Waals surface area contributed by atoms with E-state index < -0.39 is 0 Å². The minimum absolute atomic E-state index is 0.371. The van der Waals surface area contributed by atoms with Crippen LogP contribution in [0.1, 0.15) is 24.0 Å². The molecule has 0 aromatic heterocycles. The molecule has 1 radical (unpaired) electrons. The van der Waals surface area contributed by atoms with Gasteiger partial charge in [0.1, 0.15) is 0 Å². The van der Waals surface area contributed by atoms with Crippen molar-refractivity contribution in [1.82, 2.24) is 5.73 Å². The largest absolute Gasteiger partial charge is 0.257 e. The maximum Gasteiger partial charge on any atom is 0.0166 e. The van der Waals surface area contributed by atoms with Crippen LogP contribution in [0.5, 0.6) is 0 Å². The summed E-state index contributed by atoms with van der Waals surface area (Å²) in [6.07, 6.45) is 0. The van der Waals surface area contributed by atoms with Crippen molar-refractivity contribution in [2.45, 2.75) is 19.8 Å². The molecule has 1 nitrogen and oxygen atoms in total. The molecule has 0 aliphatic rings. The maximum absolute atomic E-state index is 7.20. The van der Waals surface area contributed by atoms with Gasteiger partial charge in [-0.15, -0.1) is 0 Å². The van der Waals surface area contributed by atoms with Gasteiger partial charge in [0.2, 0.25) is 0 Å². The van der Waals surface area contributed by atoms with E-state index in [1.165, 1.54) is 11.1 Å². The third kappa shape index (κ3) is 2.05. The molecule has 0 spiro atoms. The summed E-state index contributed by atoms with van der Waals surface area (Å²) in [5.41, 5.74) is 9.75. The third-order valence-electron chi connectivity index (χ3n) is 1.95. The summed E-state index contributed by atoms with van der Waals surface area (Å²) in [4.78, 5) is 0. The Morgan fingerprint density at radius 1 is 1.27 bits per heavy atom. The van der Waals surface area contributed by atoms with Gasteiger partial charge < -0.3 is 0 Å². The first kappa shape index (κ1) is 8.28. The average Bonchev–Trinajstić information content (AvgIpc) is 2.05. The fourth-order valence-corrected chi connectivity index (χ4v) is 1.01. The van der Waals surface area contributed by atoms with Gasteiger partial charge in [-0.05, 0) is 18.4 Å². The summed E-state index contributed by atoms with van der Waals surface area (Å²) < 4.78 is 0. The molecule has 0 fully saturated rings.